The van der Waals surface area contributed by atoms with Gasteiger partial charge in [0, 0.05) is 35.6 Å². The van der Waals surface area contributed by atoms with Gasteiger partial charge < -0.3 is 14.5 Å². The SMILES string of the molecule is CC(C)(C)OC(=O)N1CCN(c2nc(Cl)nc3nc(-c4cccc5cccc(Cl)c45)n4nccc4c23)C[C@@H]1CC#N. The van der Waals surface area contributed by atoms with E-state index in [-0.39, 0.29) is 11.7 Å². The summed E-state index contributed by atoms with van der Waals surface area (Å²) >= 11 is 13.1. The van der Waals surface area contributed by atoms with Crippen LogP contribution in [0, 0.1) is 11.3 Å². The highest BCUT2D eigenvalue weighted by Crippen LogP contribution is 2.37. The largest absolute Gasteiger partial charge is 0.444 e. The molecule has 3 aromatic heterocycles. The molecule has 1 aliphatic heterocycles. The number of carbonyl (C=O) groups is 1. The Bertz CT molecular complexity index is 1850. The van der Waals surface area contributed by atoms with Gasteiger partial charge in [0.2, 0.25) is 5.28 Å². The number of hydrogen-bond acceptors (Lipinski definition) is 8. The zero-order valence-electron chi connectivity index (χ0n) is 22.7. The van der Waals surface area contributed by atoms with Gasteiger partial charge >= 0.3 is 6.09 Å². The van der Waals surface area contributed by atoms with E-state index in [0.29, 0.717) is 47.3 Å². The third kappa shape index (κ3) is 4.96. The summed E-state index contributed by atoms with van der Waals surface area (Å²) in [5.74, 6) is 1.13. The molecule has 1 fully saturated rings. The maximum absolute atomic E-state index is 12.9. The van der Waals surface area contributed by atoms with Crippen LogP contribution in [0.3, 0.4) is 0 Å². The van der Waals surface area contributed by atoms with Crippen molar-refractivity contribution in [3.05, 3.63) is 59.0 Å². The number of anilines is 1. The number of nitriles is 1. The summed E-state index contributed by atoms with van der Waals surface area (Å²) in [7, 11) is 0. The average Bonchev–Trinajstić information content (AvgIpc) is 3.41. The number of aromatic nitrogens is 5. The predicted molar refractivity (Wildman–Crippen MR) is 158 cm³/mol. The Labute approximate surface area is 246 Å². The van der Waals surface area contributed by atoms with E-state index in [1.807, 2.05) is 68.1 Å². The zero-order chi connectivity index (χ0) is 28.9. The van der Waals surface area contributed by atoms with E-state index < -0.39 is 17.7 Å². The number of piperazine rings is 1. The van der Waals surface area contributed by atoms with Gasteiger partial charge in [0.05, 0.1) is 35.6 Å². The van der Waals surface area contributed by atoms with Crippen LogP contribution in [0.2, 0.25) is 10.3 Å². The van der Waals surface area contributed by atoms with E-state index >= 15 is 0 Å². The number of fused-ring (bicyclic) bond motifs is 4. The molecule has 1 aliphatic rings. The number of carbonyl (C=O) groups excluding carboxylic acids is 1. The molecule has 208 valence electrons. The summed E-state index contributed by atoms with van der Waals surface area (Å²) in [6.45, 7) is 6.61. The van der Waals surface area contributed by atoms with Gasteiger partial charge in [-0.05, 0) is 49.9 Å². The van der Waals surface area contributed by atoms with Gasteiger partial charge in [-0.1, -0.05) is 41.9 Å². The molecule has 4 heterocycles. The van der Waals surface area contributed by atoms with Gasteiger partial charge in [0.25, 0.3) is 0 Å². The van der Waals surface area contributed by atoms with E-state index in [9.17, 15) is 10.1 Å². The van der Waals surface area contributed by atoms with Gasteiger partial charge in [0.15, 0.2) is 11.5 Å². The molecule has 1 atom stereocenters. The molecule has 5 aromatic rings. The summed E-state index contributed by atoms with van der Waals surface area (Å²) in [5.41, 5.74) is 1.30. The fourth-order valence-electron chi connectivity index (χ4n) is 5.30. The van der Waals surface area contributed by atoms with Crippen molar-refractivity contribution >= 4 is 62.4 Å². The fourth-order valence-corrected chi connectivity index (χ4v) is 5.75. The van der Waals surface area contributed by atoms with Crippen molar-refractivity contribution in [1.29, 1.82) is 5.26 Å². The summed E-state index contributed by atoms with van der Waals surface area (Å²) in [6, 6.07) is 15.3. The van der Waals surface area contributed by atoms with Crippen LogP contribution in [0.4, 0.5) is 10.6 Å². The number of nitrogens with zero attached hydrogens (tertiary/aromatic N) is 8. The number of halogens is 2. The maximum atomic E-state index is 12.9. The van der Waals surface area contributed by atoms with Crippen LogP contribution >= 0.6 is 23.2 Å². The van der Waals surface area contributed by atoms with Crippen LogP contribution < -0.4 is 4.90 Å². The molecule has 0 N–H and O–H groups in total. The number of ether oxygens (including phenoxy) is 1. The molecule has 0 spiro atoms. The number of hydrogen-bond donors (Lipinski definition) is 0. The number of benzene rings is 2. The summed E-state index contributed by atoms with van der Waals surface area (Å²) < 4.78 is 7.36. The fraction of sp³-hybridized carbons (Fsp3) is 0.310. The van der Waals surface area contributed by atoms with E-state index in [4.69, 9.17) is 32.9 Å². The van der Waals surface area contributed by atoms with E-state index in [2.05, 4.69) is 21.1 Å². The van der Waals surface area contributed by atoms with Crippen molar-refractivity contribution in [2.24, 2.45) is 0 Å². The molecule has 0 aliphatic carbocycles. The van der Waals surface area contributed by atoms with Crippen LogP contribution in [0.15, 0.2) is 48.7 Å². The Kier molecular flexibility index (Phi) is 6.80. The van der Waals surface area contributed by atoms with E-state index in [1.54, 1.807) is 15.6 Å². The molecule has 10 nitrogen and oxygen atoms in total. The van der Waals surface area contributed by atoms with E-state index in [1.165, 1.54) is 0 Å². The highest BCUT2D eigenvalue weighted by molar-refractivity contribution is 6.36. The molecule has 12 heteroatoms. The summed E-state index contributed by atoms with van der Waals surface area (Å²) in [5, 5.41) is 17.3. The van der Waals surface area contributed by atoms with Gasteiger partial charge in [-0.3, -0.25) is 0 Å². The van der Waals surface area contributed by atoms with Crippen LogP contribution in [0.5, 0.6) is 0 Å². The molecule has 0 radical (unpaired) electrons. The molecule has 6 rings (SSSR count). The van der Waals surface area contributed by atoms with Gasteiger partial charge in [-0.2, -0.15) is 20.3 Å². The minimum absolute atomic E-state index is 0.0390. The Morgan fingerprint density at radius 2 is 1.85 bits per heavy atom. The van der Waals surface area contributed by atoms with Crippen molar-refractivity contribution < 1.29 is 9.53 Å². The van der Waals surface area contributed by atoms with E-state index in [0.717, 1.165) is 21.9 Å². The minimum atomic E-state index is -0.646. The van der Waals surface area contributed by atoms with Crippen LogP contribution in [0.25, 0.3) is 38.7 Å². The van der Waals surface area contributed by atoms with Crippen LogP contribution in [-0.4, -0.2) is 66.8 Å². The predicted octanol–water partition coefficient (Wildman–Crippen LogP) is 6.14. The maximum Gasteiger partial charge on any atom is 0.410 e. The Morgan fingerprint density at radius 1 is 1.07 bits per heavy atom. The normalized spacial score (nSPS) is 16.0. The third-order valence-corrected chi connectivity index (χ3v) is 7.47. The second-order valence-corrected chi connectivity index (χ2v) is 11.6. The minimum Gasteiger partial charge on any atom is -0.444 e. The van der Waals surface area contributed by atoms with Gasteiger partial charge in [-0.15, -0.1) is 0 Å². The lowest BCUT2D eigenvalue weighted by Gasteiger charge is -2.41. The highest BCUT2D eigenvalue weighted by atomic mass is 35.5. The van der Waals surface area contributed by atoms with Crippen molar-refractivity contribution in [2.45, 2.75) is 38.8 Å². The lowest BCUT2D eigenvalue weighted by Crippen LogP contribution is -2.56. The zero-order valence-corrected chi connectivity index (χ0v) is 24.2. The van der Waals surface area contributed by atoms with Crippen LogP contribution in [-0.2, 0) is 4.74 Å². The van der Waals surface area contributed by atoms with Crippen molar-refractivity contribution in [2.75, 3.05) is 24.5 Å². The Hall–Kier alpha value is -4.20. The Balaban J connectivity index is 1.47. The molecule has 0 bridgehead atoms. The van der Waals surface area contributed by atoms with Crippen molar-refractivity contribution in [3.63, 3.8) is 0 Å². The lowest BCUT2D eigenvalue weighted by molar-refractivity contribution is 0.0145. The first-order valence-corrected chi connectivity index (χ1v) is 13.9. The molecule has 41 heavy (non-hydrogen) atoms. The monoisotopic (exact) mass is 588 g/mol. The standard InChI is InChI=1S/C29H26Cl2N8O2/c1-29(2,3)41-28(40)38-15-14-37(16-18(38)10-12-32)26-23-21-11-13-33-39(21)25(34-24(23)35-27(31)36-26)19-8-4-6-17-7-5-9-20(30)22(17)19/h4-9,11,13,18H,10,14-16H2,1-3H3/t18-/m0/s1. The first kappa shape index (κ1) is 27.0. The van der Waals surface area contributed by atoms with Crippen molar-refractivity contribution in [3.8, 4) is 17.5 Å². The molecule has 1 amide bonds. The summed E-state index contributed by atoms with van der Waals surface area (Å²) in [4.78, 5) is 30.6. The van der Waals surface area contributed by atoms with Gasteiger partial charge in [-0.25, -0.2) is 14.3 Å². The van der Waals surface area contributed by atoms with Crippen LogP contribution in [0.1, 0.15) is 27.2 Å². The second-order valence-electron chi connectivity index (χ2n) is 10.9. The number of amides is 1. The first-order chi connectivity index (χ1) is 19.6. The molecule has 2 aromatic carbocycles. The number of rotatable bonds is 3. The topological polar surface area (TPSA) is 113 Å². The Morgan fingerprint density at radius 3 is 2.61 bits per heavy atom. The quantitative estimate of drug-likeness (QED) is 0.231. The smallest absolute Gasteiger partial charge is 0.410 e. The lowest BCUT2D eigenvalue weighted by atomic mass is 10.0. The summed E-state index contributed by atoms with van der Waals surface area (Å²) in [6.07, 6.45) is 1.39. The molecular formula is C29H26Cl2N8O2. The van der Waals surface area contributed by atoms with Crippen molar-refractivity contribution in [1.82, 2.24) is 29.5 Å². The third-order valence-electron chi connectivity index (χ3n) is 6.99. The van der Waals surface area contributed by atoms with Gasteiger partial charge in [0.1, 0.15) is 11.4 Å². The second kappa shape index (κ2) is 10.3. The highest BCUT2D eigenvalue weighted by Gasteiger charge is 2.35. The molecular weight excluding hydrogens is 563 g/mol. The molecule has 0 saturated carbocycles. The first-order valence-electron chi connectivity index (χ1n) is 13.1. The molecule has 0 unspecified atom stereocenters. The average molecular weight is 589 g/mol. The molecule has 1 saturated heterocycles.